The number of carboxylic acid groups (broad SMARTS) is 2. The predicted molar refractivity (Wildman–Crippen MR) is 112 cm³/mol. The maximum Gasteiger partial charge on any atom is 0.320 e. The highest BCUT2D eigenvalue weighted by Crippen LogP contribution is 2.39. The van der Waals surface area contributed by atoms with Crippen molar-refractivity contribution in [2.24, 2.45) is 17.8 Å². The van der Waals surface area contributed by atoms with E-state index in [1.807, 2.05) is 4.90 Å². The third kappa shape index (κ3) is 6.93. The molecule has 3 rings (SSSR count). The summed E-state index contributed by atoms with van der Waals surface area (Å²) in [4.78, 5) is 24.8. The molecular formula is C17H31Cl2N3O6S. The monoisotopic (exact) mass is 475 g/mol. The first-order valence-electron chi connectivity index (χ1n) is 9.52. The van der Waals surface area contributed by atoms with Gasteiger partial charge in [-0.25, -0.2) is 13.1 Å². The molecule has 12 heteroatoms. The topological polar surface area (TPSA) is 136 Å². The Kier molecular flexibility index (Phi) is 9.63. The van der Waals surface area contributed by atoms with Crippen LogP contribution in [0.5, 0.6) is 0 Å². The van der Waals surface area contributed by atoms with Crippen molar-refractivity contribution < 1.29 is 28.2 Å². The number of fused-ring (bicyclic) bond motifs is 1. The molecule has 2 saturated heterocycles. The second-order valence-corrected chi connectivity index (χ2v) is 10.1. The average molecular weight is 476 g/mol. The van der Waals surface area contributed by atoms with Gasteiger partial charge in [-0.05, 0) is 56.4 Å². The number of piperidine rings is 1. The van der Waals surface area contributed by atoms with Gasteiger partial charge in [0.25, 0.3) is 0 Å². The van der Waals surface area contributed by atoms with E-state index in [0.29, 0.717) is 37.3 Å². The summed E-state index contributed by atoms with van der Waals surface area (Å²) < 4.78 is 25.5. The fraction of sp³-hybridized carbons (Fsp3) is 0.882. The van der Waals surface area contributed by atoms with Crippen molar-refractivity contribution in [1.82, 2.24) is 14.9 Å². The first-order valence-corrected chi connectivity index (χ1v) is 11.4. The van der Waals surface area contributed by atoms with Crippen molar-refractivity contribution in [1.29, 1.82) is 0 Å². The predicted octanol–water partition coefficient (Wildman–Crippen LogP) is 0.386. The first-order chi connectivity index (χ1) is 12.6. The minimum atomic E-state index is -3.38. The molecule has 3 aliphatic rings. The molecule has 2 aliphatic heterocycles. The molecule has 3 unspecified atom stereocenters. The van der Waals surface area contributed by atoms with Crippen LogP contribution in [0.3, 0.4) is 0 Å². The quantitative estimate of drug-likeness (QED) is 0.432. The molecule has 4 N–H and O–H groups in total. The molecule has 3 fully saturated rings. The highest BCUT2D eigenvalue weighted by atomic mass is 35.5. The van der Waals surface area contributed by atoms with Crippen LogP contribution in [-0.4, -0.2) is 79.5 Å². The van der Waals surface area contributed by atoms with Crippen molar-refractivity contribution in [3.63, 3.8) is 0 Å². The van der Waals surface area contributed by atoms with Crippen LogP contribution >= 0.6 is 24.8 Å². The molecule has 0 amide bonds. The normalized spacial score (nSPS) is 35.1. The minimum Gasteiger partial charge on any atom is -0.480 e. The van der Waals surface area contributed by atoms with Crippen LogP contribution in [-0.2, 0) is 19.6 Å². The molecule has 0 radical (unpaired) electrons. The molecule has 0 aromatic rings. The third-order valence-corrected chi connectivity index (χ3v) is 7.03. The number of hydrogen-bond acceptors (Lipinski definition) is 6. The van der Waals surface area contributed by atoms with E-state index in [0.717, 1.165) is 32.1 Å². The van der Waals surface area contributed by atoms with Crippen molar-refractivity contribution in [3.05, 3.63) is 0 Å². The lowest BCUT2D eigenvalue weighted by atomic mass is 9.69. The lowest BCUT2D eigenvalue weighted by Crippen LogP contribution is -2.50. The largest absolute Gasteiger partial charge is 0.480 e. The zero-order valence-electron chi connectivity index (χ0n) is 16.3. The maximum atomic E-state index is 11.6. The van der Waals surface area contributed by atoms with E-state index in [9.17, 15) is 28.2 Å². The number of nitrogens with one attached hydrogen (secondary N) is 2. The second-order valence-electron chi connectivity index (χ2n) is 8.36. The van der Waals surface area contributed by atoms with E-state index < -0.39 is 34.0 Å². The van der Waals surface area contributed by atoms with E-state index in [4.69, 9.17) is 0 Å². The van der Waals surface area contributed by atoms with Crippen LogP contribution in [0, 0.1) is 17.8 Å². The zero-order valence-corrected chi connectivity index (χ0v) is 18.8. The van der Waals surface area contributed by atoms with Gasteiger partial charge in [-0.2, -0.15) is 0 Å². The van der Waals surface area contributed by atoms with Crippen LogP contribution < -0.4 is 10.0 Å². The summed E-state index contributed by atoms with van der Waals surface area (Å²) in [5.74, 6) is -0.574. The third-order valence-electron chi connectivity index (χ3n) is 6.27. The molecule has 6 atom stereocenters. The van der Waals surface area contributed by atoms with Crippen LogP contribution in [0.1, 0.15) is 32.1 Å². The number of rotatable bonds is 6. The maximum absolute atomic E-state index is 11.6. The second kappa shape index (κ2) is 10.6. The Hall–Kier alpha value is -0.650. The van der Waals surface area contributed by atoms with Crippen LogP contribution in [0.25, 0.3) is 0 Å². The van der Waals surface area contributed by atoms with Crippen LogP contribution in [0.4, 0.5) is 0 Å². The Labute approximate surface area is 183 Å². The van der Waals surface area contributed by atoms with Gasteiger partial charge in [-0.1, -0.05) is 0 Å². The Balaban J connectivity index is 0.00000210. The van der Waals surface area contributed by atoms with Gasteiger partial charge in [0.05, 0.1) is 6.26 Å². The van der Waals surface area contributed by atoms with E-state index >= 15 is 0 Å². The number of nitrogens with zero attached hydrogens (tertiary/aromatic N) is 1. The van der Waals surface area contributed by atoms with Crippen molar-refractivity contribution in [3.8, 4) is 0 Å². The minimum absolute atomic E-state index is 0. The molecular weight excluding hydrogens is 445 g/mol. The highest BCUT2D eigenvalue weighted by molar-refractivity contribution is 7.88. The molecule has 0 bridgehead atoms. The van der Waals surface area contributed by atoms with Gasteiger partial charge in [0.1, 0.15) is 12.1 Å². The number of sulfonamides is 1. The Morgan fingerprint density at radius 3 is 2.34 bits per heavy atom. The van der Waals surface area contributed by atoms with Gasteiger partial charge in [0.15, 0.2) is 0 Å². The summed E-state index contributed by atoms with van der Waals surface area (Å²) >= 11 is 0. The Morgan fingerprint density at radius 2 is 1.76 bits per heavy atom. The van der Waals surface area contributed by atoms with Crippen molar-refractivity contribution >= 4 is 46.8 Å². The Morgan fingerprint density at radius 1 is 1.07 bits per heavy atom. The fourth-order valence-electron chi connectivity index (χ4n) is 5.10. The first kappa shape index (κ1) is 26.4. The van der Waals surface area contributed by atoms with Crippen molar-refractivity contribution in [2.45, 2.75) is 50.2 Å². The fourth-order valence-corrected chi connectivity index (χ4v) is 5.87. The molecule has 1 saturated carbocycles. The summed E-state index contributed by atoms with van der Waals surface area (Å²) in [5, 5.41) is 21.9. The molecule has 1 aliphatic carbocycles. The van der Waals surface area contributed by atoms with Gasteiger partial charge in [0.2, 0.25) is 10.0 Å². The zero-order chi connectivity index (χ0) is 19.8. The molecule has 29 heavy (non-hydrogen) atoms. The summed E-state index contributed by atoms with van der Waals surface area (Å²) in [7, 11) is -3.38. The lowest BCUT2D eigenvalue weighted by molar-refractivity contribution is -0.143. The molecule has 170 valence electrons. The summed E-state index contributed by atoms with van der Waals surface area (Å²) in [6, 6.07) is -1.55. The Bertz CT molecular complexity index is 695. The number of halogens is 2. The van der Waals surface area contributed by atoms with Gasteiger partial charge in [0, 0.05) is 19.1 Å². The molecule has 0 spiro atoms. The number of hydrogen-bond donors (Lipinski definition) is 4. The van der Waals surface area contributed by atoms with Gasteiger partial charge in [-0.3, -0.25) is 14.5 Å². The van der Waals surface area contributed by atoms with E-state index in [2.05, 4.69) is 10.0 Å². The highest BCUT2D eigenvalue weighted by Gasteiger charge is 2.42. The number of aliphatic carboxylic acids is 2. The van der Waals surface area contributed by atoms with Gasteiger partial charge >= 0.3 is 11.9 Å². The van der Waals surface area contributed by atoms with Crippen molar-refractivity contribution in [2.75, 3.05) is 25.9 Å². The summed E-state index contributed by atoms with van der Waals surface area (Å²) in [6.45, 7) is 1.75. The molecule has 2 heterocycles. The van der Waals surface area contributed by atoms with E-state index in [-0.39, 0.29) is 37.3 Å². The SMILES string of the molecule is CS(=O)(=O)N[C@H]1C[C@@H](C(=O)O)N(CC2CC[C@H]3CNC(C(=O)O)CC3C2)C1.Cl.Cl. The standard InChI is InChI=1S/C17H29N3O6S.2ClH/c1-27(25,26)19-13-6-15(17(23)24)20(9-13)8-10-2-3-11-7-18-14(16(21)22)5-12(11)4-10;;/h10-15,18-19H,2-9H2,1H3,(H,21,22)(H,23,24);2*1H/t10?,11-,12?,13-,14?,15-;;/m0../s1. The molecule has 9 nitrogen and oxygen atoms in total. The smallest absolute Gasteiger partial charge is 0.320 e. The number of carboxylic acids is 2. The van der Waals surface area contributed by atoms with Gasteiger partial charge < -0.3 is 15.5 Å². The lowest BCUT2D eigenvalue weighted by Gasteiger charge is -2.42. The number of carbonyl (C=O) groups is 2. The number of likely N-dealkylation sites (tertiary alicyclic amines) is 1. The summed E-state index contributed by atoms with van der Waals surface area (Å²) in [6.07, 6.45) is 4.90. The molecule has 0 aromatic carbocycles. The van der Waals surface area contributed by atoms with Crippen LogP contribution in [0.15, 0.2) is 0 Å². The molecule has 0 aromatic heterocycles. The summed E-state index contributed by atoms with van der Waals surface area (Å²) in [5.41, 5.74) is 0. The van der Waals surface area contributed by atoms with E-state index in [1.165, 1.54) is 0 Å². The average Bonchev–Trinajstić information content (AvgIpc) is 2.94. The van der Waals surface area contributed by atoms with Crippen LogP contribution in [0.2, 0.25) is 0 Å². The van der Waals surface area contributed by atoms with Gasteiger partial charge in [-0.15, -0.1) is 24.8 Å². The van der Waals surface area contributed by atoms with E-state index in [1.54, 1.807) is 0 Å².